The summed E-state index contributed by atoms with van der Waals surface area (Å²) in [5, 5.41) is 8.76. The summed E-state index contributed by atoms with van der Waals surface area (Å²) in [6.07, 6.45) is -0.760. The van der Waals surface area contributed by atoms with Gasteiger partial charge in [-0.1, -0.05) is 0 Å². The van der Waals surface area contributed by atoms with Gasteiger partial charge in [-0.05, 0) is 12.8 Å². The second-order valence-electron chi connectivity index (χ2n) is 3.45. The summed E-state index contributed by atoms with van der Waals surface area (Å²) >= 11 is 0. The minimum absolute atomic E-state index is 0.0654. The van der Waals surface area contributed by atoms with Gasteiger partial charge in [0.15, 0.2) is 0 Å². The van der Waals surface area contributed by atoms with Crippen molar-refractivity contribution in [2.45, 2.75) is 25.3 Å². The first-order valence-electron chi connectivity index (χ1n) is 4.95. The zero-order valence-electron chi connectivity index (χ0n) is 8.16. The monoisotopic (exact) mass is 209 g/mol. The summed E-state index contributed by atoms with van der Waals surface area (Å²) in [6.45, 7) is 1.29. The molecule has 0 aromatic heterocycles. The van der Waals surface area contributed by atoms with Gasteiger partial charge in [0, 0.05) is 25.8 Å². The van der Waals surface area contributed by atoms with E-state index in [9.17, 15) is 8.78 Å². The lowest BCUT2D eigenvalue weighted by molar-refractivity contribution is 0.00108. The van der Waals surface area contributed by atoms with Crippen molar-refractivity contribution in [3.63, 3.8) is 0 Å². The molecule has 0 saturated carbocycles. The van der Waals surface area contributed by atoms with Crippen LogP contribution in [0.25, 0.3) is 0 Å². The lowest BCUT2D eigenvalue weighted by atomic mass is 10.1. The van der Waals surface area contributed by atoms with E-state index in [2.05, 4.69) is 0 Å². The van der Waals surface area contributed by atoms with Gasteiger partial charge in [-0.2, -0.15) is 0 Å². The standard InChI is InChI=1S/C9H17F2NO2/c10-9(11)7-12(3-4-13)8-1-5-14-6-2-8/h8-9,13H,1-7H2. The molecule has 0 aromatic carbocycles. The highest BCUT2D eigenvalue weighted by molar-refractivity contribution is 4.74. The molecule has 0 bridgehead atoms. The Bertz CT molecular complexity index is 152. The first-order valence-corrected chi connectivity index (χ1v) is 4.95. The highest BCUT2D eigenvalue weighted by Crippen LogP contribution is 2.15. The van der Waals surface area contributed by atoms with E-state index >= 15 is 0 Å². The maximum absolute atomic E-state index is 12.2. The second-order valence-corrected chi connectivity index (χ2v) is 3.45. The molecule has 1 fully saturated rings. The van der Waals surface area contributed by atoms with E-state index in [-0.39, 0.29) is 19.2 Å². The molecule has 1 rings (SSSR count). The molecule has 0 radical (unpaired) electrons. The van der Waals surface area contributed by atoms with Gasteiger partial charge in [0.25, 0.3) is 6.43 Å². The van der Waals surface area contributed by atoms with Gasteiger partial charge in [-0.15, -0.1) is 0 Å². The number of alkyl halides is 2. The largest absolute Gasteiger partial charge is 0.395 e. The van der Waals surface area contributed by atoms with Crippen LogP contribution in [0, 0.1) is 0 Å². The summed E-state index contributed by atoms with van der Waals surface area (Å²) in [5.41, 5.74) is 0. The van der Waals surface area contributed by atoms with Crippen LogP contribution < -0.4 is 0 Å². The second kappa shape index (κ2) is 6.27. The summed E-state index contributed by atoms with van der Waals surface area (Å²) in [5.74, 6) is 0. The molecular formula is C9H17F2NO2. The van der Waals surface area contributed by atoms with E-state index in [1.54, 1.807) is 4.90 Å². The maximum atomic E-state index is 12.2. The topological polar surface area (TPSA) is 32.7 Å². The number of ether oxygens (including phenoxy) is 1. The SMILES string of the molecule is OCCN(CC(F)F)C1CCOCC1. The van der Waals surface area contributed by atoms with Crippen molar-refractivity contribution in [1.29, 1.82) is 0 Å². The summed E-state index contributed by atoms with van der Waals surface area (Å²) in [6, 6.07) is 0.143. The molecule has 1 saturated heterocycles. The molecule has 0 aromatic rings. The predicted octanol–water partition coefficient (Wildman–Crippen LogP) is 0.725. The summed E-state index contributed by atoms with van der Waals surface area (Å²) in [4.78, 5) is 1.66. The van der Waals surface area contributed by atoms with Crippen LogP contribution in [0.5, 0.6) is 0 Å². The van der Waals surface area contributed by atoms with Crippen LogP contribution in [0.2, 0.25) is 0 Å². The van der Waals surface area contributed by atoms with E-state index in [0.29, 0.717) is 19.8 Å². The fourth-order valence-corrected chi connectivity index (χ4v) is 1.78. The molecule has 0 amide bonds. The number of hydrogen-bond donors (Lipinski definition) is 1. The van der Waals surface area contributed by atoms with Crippen molar-refractivity contribution in [3.05, 3.63) is 0 Å². The molecule has 0 atom stereocenters. The van der Waals surface area contributed by atoms with Crippen molar-refractivity contribution in [3.8, 4) is 0 Å². The first-order chi connectivity index (χ1) is 6.74. The molecule has 84 valence electrons. The normalized spacial score (nSPS) is 19.5. The molecule has 1 N–H and O–H groups in total. The van der Waals surface area contributed by atoms with Gasteiger partial charge >= 0.3 is 0 Å². The van der Waals surface area contributed by atoms with E-state index in [4.69, 9.17) is 9.84 Å². The van der Waals surface area contributed by atoms with Gasteiger partial charge in [-0.25, -0.2) is 8.78 Å². The molecule has 1 heterocycles. The van der Waals surface area contributed by atoms with Crippen LogP contribution >= 0.6 is 0 Å². The Morgan fingerprint density at radius 2 is 2.00 bits per heavy atom. The van der Waals surface area contributed by atoms with Crippen LogP contribution in [-0.4, -0.2) is 55.4 Å². The van der Waals surface area contributed by atoms with E-state index < -0.39 is 6.43 Å². The van der Waals surface area contributed by atoms with Crippen molar-refractivity contribution in [1.82, 2.24) is 4.90 Å². The number of nitrogens with zero attached hydrogens (tertiary/aromatic N) is 1. The molecule has 0 spiro atoms. The van der Waals surface area contributed by atoms with Crippen LogP contribution in [-0.2, 0) is 4.74 Å². The molecule has 14 heavy (non-hydrogen) atoms. The number of aliphatic hydroxyl groups excluding tert-OH is 1. The highest BCUT2D eigenvalue weighted by atomic mass is 19.3. The average molecular weight is 209 g/mol. The zero-order valence-corrected chi connectivity index (χ0v) is 8.16. The van der Waals surface area contributed by atoms with Gasteiger partial charge in [0.05, 0.1) is 13.2 Å². The molecule has 1 aliphatic heterocycles. The van der Waals surface area contributed by atoms with Crippen molar-refractivity contribution < 1.29 is 18.6 Å². The van der Waals surface area contributed by atoms with Crippen LogP contribution in [0.4, 0.5) is 8.78 Å². The molecular weight excluding hydrogens is 192 g/mol. The smallest absolute Gasteiger partial charge is 0.251 e. The Balaban J connectivity index is 2.38. The number of rotatable bonds is 5. The molecule has 3 nitrogen and oxygen atoms in total. The summed E-state index contributed by atoms with van der Waals surface area (Å²) in [7, 11) is 0. The predicted molar refractivity (Wildman–Crippen MR) is 48.5 cm³/mol. The third-order valence-electron chi connectivity index (χ3n) is 2.47. The lowest BCUT2D eigenvalue weighted by Crippen LogP contribution is -2.43. The summed E-state index contributed by atoms with van der Waals surface area (Å²) < 4.78 is 29.6. The van der Waals surface area contributed by atoms with Crippen LogP contribution in [0.3, 0.4) is 0 Å². The third-order valence-corrected chi connectivity index (χ3v) is 2.47. The average Bonchev–Trinajstić information content (AvgIpc) is 2.18. The Kier molecular flexibility index (Phi) is 5.29. The van der Waals surface area contributed by atoms with E-state index in [1.165, 1.54) is 0 Å². The minimum atomic E-state index is -2.33. The lowest BCUT2D eigenvalue weighted by Gasteiger charge is -2.33. The molecule has 1 aliphatic rings. The fraction of sp³-hybridized carbons (Fsp3) is 1.00. The van der Waals surface area contributed by atoms with Crippen LogP contribution in [0.1, 0.15) is 12.8 Å². The van der Waals surface area contributed by atoms with E-state index in [1.807, 2.05) is 0 Å². The number of halogens is 2. The van der Waals surface area contributed by atoms with Gasteiger partial charge in [-0.3, -0.25) is 4.90 Å². The van der Waals surface area contributed by atoms with Gasteiger partial charge in [0.1, 0.15) is 0 Å². The maximum Gasteiger partial charge on any atom is 0.251 e. The van der Waals surface area contributed by atoms with Crippen LogP contribution in [0.15, 0.2) is 0 Å². The highest BCUT2D eigenvalue weighted by Gasteiger charge is 2.23. The third kappa shape index (κ3) is 3.86. The van der Waals surface area contributed by atoms with Crippen molar-refractivity contribution in [2.24, 2.45) is 0 Å². The van der Waals surface area contributed by atoms with Crippen molar-refractivity contribution in [2.75, 3.05) is 32.9 Å². The Hall–Kier alpha value is -0.260. The fourth-order valence-electron chi connectivity index (χ4n) is 1.78. The minimum Gasteiger partial charge on any atom is -0.395 e. The Labute approximate surface area is 82.7 Å². The Morgan fingerprint density at radius 3 is 2.50 bits per heavy atom. The molecule has 0 unspecified atom stereocenters. The first kappa shape index (κ1) is 11.8. The number of hydrogen-bond acceptors (Lipinski definition) is 3. The zero-order chi connectivity index (χ0) is 10.4. The van der Waals surface area contributed by atoms with Crippen molar-refractivity contribution >= 4 is 0 Å². The quantitative estimate of drug-likeness (QED) is 0.724. The van der Waals surface area contributed by atoms with Gasteiger partial charge in [0.2, 0.25) is 0 Å². The molecule has 0 aliphatic carbocycles. The number of aliphatic hydroxyl groups is 1. The van der Waals surface area contributed by atoms with Gasteiger partial charge < -0.3 is 9.84 Å². The molecule has 5 heteroatoms. The van der Waals surface area contributed by atoms with E-state index in [0.717, 1.165) is 12.8 Å². The Morgan fingerprint density at radius 1 is 1.36 bits per heavy atom.